The first-order valence-corrected chi connectivity index (χ1v) is 11.7. The minimum atomic E-state index is 0.477. The molecule has 0 aliphatic carbocycles. The first kappa shape index (κ1) is 19.5. The number of piperazine rings is 1. The molecule has 1 fully saturated rings. The largest absolute Gasteiger partial charge is 0.361 e. The Morgan fingerprint density at radius 1 is 1.12 bits per heavy atom. The van der Waals surface area contributed by atoms with Gasteiger partial charge in [-0.3, -0.25) is 4.57 Å². The van der Waals surface area contributed by atoms with Crippen LogP contribution >= 0.6 is 22.9 Å². The van der Waals surface area contributed by atoms with Gasteiger partial charge in [0.25, 0.3) is 0 Å². The smallest absolute Gasteiger partial charge is 0.229 e. The summed E-state index contributed by atoms with van der Waals surface area (Å²) in [5.41, 5.74) is 4.34. The third-order valence-corrected chi connectivity index (χ3v) is 6.39. The van der Waals surface area contributed by atoms with Crippen LogP contribution in [0, 0.1) is 0 Å². The molecule has 9 nitrogen and oxygen atoms in total. The Morgan fingerprint density at radius 3 is 2.88 bits per heavy atom. The van der Waals surface area contributed by atoms with Crippen LogP contribution in [0.4, 0.5) is 11.8 Å². The molecule has 0 spiro atoms. The summed E-state index contributed by atoms with van der Waals surface area (Å²) >= 11 is 7.75. The van der Waals surface area contributed by atoms with Crippen LogP contribution in [0.25, 0.3) is 27.9 Å². The Kier molecular flexibility index (Phi) is 4.90. The number of thiophene rings is 1. The van der Waals surface area contributed by atoms with Crippen molar-refractivity contribution in [2.24, 2.45) is 0 Å². The Labute approximate surface area is 192 Å². The third kappa shape index (κ3) is 3.56. The predicted octanol–water partition coefficient (Wildman–Crippen LogP) is 3.43. The van der Waals surface area contributed by atoms with Gasteiger partial charge < -0.3 is 20.5 Å². The zero-order chi connectivity index (χ0) is 21.5. The highest BCUT2D eigenvalue weighted by molar-refractivity contribution is 7.08. The van der Waals surface area contributed by atoms with Crippen LogP contribution < -0.4 is 15.5 Å². The van der Waals surface area contributed by atoms with Crippen LogP contribution in [0.1, 0.15) is 5.82 Å². The summed E-state index contributed by atoms with van der Waals surface area (Å²) in [5, 5.41) is 11.6. The monoisotopic (exact) mass is 465 g/mol. The Bertz CT molecular complexity index is 1390. The Balaban J connectivity index is 1.38. The van der Waals surface area contributed by atoms with Gasteiger partial charge in [-0.1, -0.05) is 11.6 Å². The van der Waals surface area contributed by atoms with Gasteiger partial charge in [-0.05, 0) is 29.6 Å². The lowest BCUT2D eigenvalue weighted by atomic mass is 10.3. The van der Waals surface area contributed by atoms with Crippen molar-refractivity contribution in [3.05, 3.63) is 52.2 Å². The maximum atomic E-state index is 6.10. The van der Waals surface area contributed by atoms with Crippen molar-refractivity contribution in [3.8, 4) is 5.69 Å². The van der Waals surface area contributed by atoms with E-state index in [0.29, 0.717) is 23.3 Å². The van der Waals surface area contributed by atoms with Crippen molar-refractivity contribution in [2.75, 3.05) is 36.4 Å². The molecule has 1 aromatic carbocycles. The molecule has 1 aliphatic heterocycles. The van der Waals surface area contributed by atoms with E-state index in [1.54, 1.807) is 17.7 Å². The third-order valence-electron chi connectivity index (χ3n) is 5.48. The first-order valence-electron chi connectivity index (χ1n) is 10.4. The summed E-state index contributed by atoms with van der Waals surface area (Å²) in [5.74, 6) is 2.20. The maximum absolute atomic E-state index is 6.10. The quantitative estimate of drug-likeness (QED) is 0.365. The molecule has 5 heterocycles. The number of nitrogens with one attached hydrogen (secondary N) is 3. The van der Waals surface area contributed by atoms with Gasteiger partial charge in [0.1, 0.15) is 12.2 Å². The number of imidazole rings is 2. The summed E-state index contributed by atoms with van der Waals surface area (Å²) < 4.78 is 2.01. The van der Waals surface area contributed by atoms with Crippen LogP contribution in [0.2, 0.25) is 5.02 Å². The normalized spacial score (nSPS) is 14.5. The lowest BCUT2D eigenvalue weighted by Crippen LogP contribution is -2.44. The summed E-state index contributed by atoms with van der Waals surface area (Å²) in [6, 6.07) is 7.69. The summed E-state index contributed by atoms with van der Waals surface area (Å²) in [6.07, 6.45) is 1.80. The van der Waals surface area contributed by atoms with Gasteiger partial charge in [-0.2, -0.15) is 21.3 Å². The molecule has 6 rings (SSSR count). The van der Waals surface area contributed by atoms with E-state index in [-0.39, 0.29) is 0 Å². The number of aromatic amines is 1. The second kappa shape index (κ2) is 8.05. The molecule has 3 N–H and O–H groups in total. The van der Waals surface area contributed by atoms with Gasteiger partial charge in [0.15, 0.2) is 17.0 Å². The molecule has 32 heavy (non-hydrogen) atoms. The number of H-pyrrole nitrogens is 1. The van der Waals surface area contributed by atoms with Crippen LogP contribution in [-0.4, -0.2) is 55.7 Å². The number of aromatic nitrogens is 6. The summed E-state index contributed by atoms with van der Waals surface area (Å²) in [7, 11) is 0. The zero-order valence-corrected chi connectivity index (χ0v) is 18.6. The van der Waals surface area contributed by atoms with Crippen molar-refractivity contribution in [1.82, 2.24) is 34.8 Å². The van der Waals surface area contributed by atoms with Gasteiger partial charge in [-0.25, -0.2) is 9.97 Å². The van der Waals surface area contributed by atoms with Crippen molar-refractivity contribution in [1.29, 1.82) is 0 Å². The number of halogens is 1. The van der Waals surface area contributed by atoms with Crippen molar-refractivity contribution >= 4 is 56.9 Å². The molecule has 5 aromatic rings. The minimum Gasteiger partial charge on any atom is -0.361 e. The second-order valence-corrected chi connectivity index (χ2v) is 8.79. The molecule has 0 bridgehead atoms. The number of benzene rings is 1. The van der Waals surface area contributed by atoms with E-state index in [0.717, 1.165) is 59.9 Å². The van der Waals surface area contributed by atoms with Gasteiger partial charge in [0.2, 0.25) is 5.95 Å². The molecule has 0 saturated carbocycles. The van der Waals surface area contributed by atoms with Gasteiger partial charge >= 0.3 is 0 Å². The van der Waals surface area contributed by atoms with E-state index in [2.05, 4.69) is 41.9 Å². The fourth-order valence-corrected chi connectivity index (χ4v) is 4.69. The number of nitrogens with zero attached hydrogens (tertiary/aromatic N) is 6. The molecule has 1 aliphatic rings. The second-order valence-electron chi connectivity index (χ2n) is 7.58. The molecular formula is C21H20ClN9S. The van der Waals surface area contributed by atoms with Gasteiger partial charge in [0, 0.05) is 36.6 Å². The van der Waals surface area contributed by atoms with E-state index in [4.69, 9.17) is 21.6 Å². The van der Waals surface area contributed by atoms with Crippen LogP contribution in [0.15, 0.2) is 41.4 Å². The highest BCUT2D eigenvalue weighted by Gasteiger charge is 2.19. The van der Waals surface area contributed by atoms with E-state index in [1.807, 2.05) is 28.1 Å². The minimum absolute atomic E-state index is 0.477. The first-order chi connectivity index (χ1) is 15.7. The number of hydrogen-bond donors (Lipinski definition) is 3. The van der Waals surface area contributed by atoms with Crippen molar-refractivity contribution < 1.29 is 0 Å². The van der Waals surface area contributed by atoms with E-state index in [1.165, 1.54) is 0 Å². The zero-order valence-electron chi connectivity index (χ0n) is 17.0. The molecule has 0 amide bonds. The number of anilines is 2. The average Bonchev–Trinajstić information content (AvgIpc) is 3.56. The van der Waals surface area contributed by atoms with Crippen LogP contribution in [-0.2, 0) is 6.54 Å². The SMILES string of the molecule is Clc1ccc2nc(CNc3nc(N4CCNCC4)nc4c3ncn4-c3ccsc3)[nH]c2c1. The molecule has 11 heteroatoms. The van der Waals surface area contributed by atoms with Gasteiger partial charge in [0.05, 0.1) is 23.3 Å². The van der Waals surface area contributed by atoms with Crippen LogP contribution in [0.5, 0.6) is 0 Å². The highest BCUT2D eigenvalue weighted by atomic mass is 35.5. The van der Waals surface area contributed by atoms with Crippen LogP contribution in [0.3, 0.4) is 0 Å². The predicted molar refractivity (Wildman–Crippen MR) is 128 cm³/mol. The molecule has 1 saturated heterocycles. The molecule has 4 aromatic heterocycles. The molecule has 0 atom stereocenters. The maximum Gasteiger partial charge on any atom is 0.229 e. The molecule has 0 unspecified atom stereocenters. The summed E-state index contributed by atoms with van der Waals surface area (Å²) in [4.78, 5) is 24.5. The molecule has 0 radical (unpaired) electrons. The van der Waals surface area contributed by atoms with E-state index < -0.39 is 0 Å². The van der Waals surface area contributed by atoms with Crippen molar-refractivity contribution in [2.45, 2.75) is 6.54 Å². The lowest BCUT2D eigenvalue weighted by Gasteiger charge is -2.27. The number of rotatable bonds is 5. The van der Waals surface area contributed by atoms with E-state index in [9.17, 15) is 0 Å². The fourth-order valence-electron chi connectivity index (χ4n) is 3.89. The highest BCUT2D eigenvalue weighted by Crippen LogP contribution is 2.26. The average molecular weight is 466 g/mol. The lowest BCUT2D eigenvalue weighted by molar-refractivity contribution is 0.580. The molecular weight excluding hydrogens is 446 g/mol. The Hall–Kier alpha value is -3.21. The summed E-state index contributed by atoms with van der Waals surface area (Å²) in [6.45, 7) is 4.03. The Morgan fingerprint density at radius 2 is 2.03 bits per heavy atom. The number of hydrogen-bond acceptors (Lipinski definition) is 8. The standard InChI is InChI=1S/C21H20ClN9S/c22-13-1-2-15-16(9-13)27-17(26-15)10-24-19-18-20(31(12-25-18)14-3-8-32-11-14)29-21(28-19)30-6-4-23-5-7-30/h1-3,8-9,11-12,23H,4-7,10H2,(H,26,27)(H,24,28,29). The van der Waals surface area contributed by atoms with Crippen molar-refractivity contribution in [3.63, 3.8) is 0 Å². The molecule has 162 valence electrons. The van der Waals surface area contributed by atoms with Gasteiger partial charge in [-0.15, -0.1) is 0 Å². The number of fused-ring (bicyclic) bond motifs is 2. The van der Waals surface area contributed by atoms with E-state index >= 15 is 0 Å². The fraction of sp³-hybridized carbons (Fsp3) is 0.238. The topological polar surface area (TPSA) is 99.6 Å².